The van der Waals surface area contributed by atoms with E-state index in [4.69, 9.17) is 16.3 Å². The van der Waals surface area contributed by atoms with Gasteiger partial charge in [-0.1, -0.05) is 11.6 Å². The Labute approximate surface area is 139 Å². The first kappa shape index (κ1) is 16.3. The summed E-state index contributed by atoms with van der Waals surface area (Å²) in [5, 5.41) is 4.87. The molecular weight excluding hydrogens is 321 g/mol. The molecule has 3 rings (SSSR count). The van der Waals surface area contributed by atoms with Gasteiger partial charge in [0.1, 0.15) is 17.9 Å². The van der Waals surface area contributed by atoms with E-state index in [-0.39, 0.29) is 12.4 Å². The zero-order valence-electron chi connectivity index (χ0n) is 11.9. The van der Waals surface area contributed by atoms with Gasteiger partial charge in [-0.2, -0.15) is 0 Å². The van der Waals surface area contributed by atoms with Crippen molar-refractivity contribution < 1.29 is 4.74 Å². The average molecular weight is 336 g/mol. The number of halogens is 2. The second-order valence-electron chi connectivity index (χ2n) is 4.47. The van der Waals surface area contributed by atoms with Crippen LogP contribution in [0.5, 0.6) is 5.75 Å². The van der Waals surface area contributed by atoms with Crippen molar-refractivity contribution in [1.29, 1.82) is 0 Å². The summed E-state index contributed by atoms with van der Waals surface area (Å²) in [6, 6.07) is 13.3. The molecule has 0 bridgehead atoms. The summed E-state index contributed by atoms with van der Waals surface area (Å²) < 4.78 is 5.43. The summed E-state index contributed by atoms with van der Waals surface area (Å²) >= 11 is 5.98. The molecule has 0 saturated heterocycles. The van der Waals surface area contributed by atoms with Crippen molar-refractivity contribution in [3.8, 4) is 5.75 Å². The minimum atomic E-state index is 0. The zero-order chi connectivity index (χ0) is 14.7. The van der Waals surface area contributed by atoms with Gasteiger partial charge in [-0.25, -0.2) is 9.97 Å². The van der Waals surface area contributed by atoms with E-state index < -0.39 is 0 Å². The first-order valence-electron chi connectivity index (χ1n) is 6.66. The topological polar surface area (TPSA) is 47.0 Å². The second-order valence-corrected chi connectivity index (χ2v) is 4.90. The molecule has 4 nitrogen and oxygen atoms in total. The zero-order valence-corrected chi connectivity index (χ0v) is 13.5. The minimum Gasteiger partial charge on any atom is -0.494 e. The van der Waals surface area contributed by atoms with E-state index in [1.54, 1.807) is 0 Å². The number of nitrogens with zero attached hydrogens (tertiary/aromatic N) is 2. The molecule has 0 spiro atoms. The third-order valence-corrected chi connectivity index (χ3v) is 3.26. The lowest BCUT2D eigenvalue weighted by molar-refractivity contribution is 0.340. The molecule has 0 aliphatic rings. The lowest BCUT2D eigenvalue weighted by atomic mass is 10.2. The van der Waals surface area contributed by atoms with Crippen LogP contribution in [0.2, 0.25) is 5.02 Å². The predicted octanol–water partition coefficient (Wildman–Crippen LogP) is 4.85. The maximum atomic E-state index is 5.98. The largest absolute Gasteiger partial charge is 0.494 e. The van der Waals surface area contributed by atoms with Crippen LogP contribution >= 0.6 is 24.0 Å². The van der Waals surface area contributed by atoms with Crippen LogP contribution in [-0.4, -0.2) is 16.6 Å². The van der Waals surface area contributed by atoms with Gasteiger partial charge in [0, 0.05) is 16.1 Å². The van der Waals surface area contributed by atoms with E-state index >= 15 is 0 Å². The van der Waals surface area contributed by atoms with E-state index in [2.05, 4.69) is 15.3 Å². The first-order chi connectivity index (χ1) is 10.3. The van der Waals surface area contributed by atoms with Crippen LogP contribution in [0.15, 0.2) is 48.8 Å². The standard InChI is InChI=1S/C16H14ClN3O.ClH/c1-2-21-13-6-4-12(5-7-13)20-16-14-8-3-11(17)9-15(14)18-10-19-16;/h3-10H,2H2,1H3,(H,18,19,20);1H. The van der Waals surface area contributed by atoms with Crippen molar-refractivity contribution in [3.05, 3.63) is 53.8 Å². The van der Waals surface area contributed by atoms with E-state index in [1.165, 1.54) is 6.33 Å². The Hall–Kier alpha value is -2.04. The van der Waals surface area contributed by atoms with Gasteiger partial charge in [-0.15, -0.1) is 12.4 Å². The lowest BCUT2D eigenvalue weighted by Gasteiger charge is -2.09. The molecule has 0 atom stereocenters. The molecule has 0 fully saturated rings. The molecule has 0 amide bonds. The summed E-state index contributed by atoms with van der Waals surface area (Å²) in [6.07, 6.45) is 1.52. The highest BCUT2D eigenvalue weighted by molar-refractivity contribution is 6.31. The summed E-state index contributed by atoms with van der Waals surface area (Å²) in [7, 11) is 0. The molecule has 0 unspecified atom stereocenters. The van der Waals surface area contributed by atoms with Crippen LogP contribution in [0.1, 0.15) is 6.92 Å². The van der Waals surface area contributed by atoms with E-state index in [0.717, 1.165) is 28.2 Å². The van der Waals surface area contributed by atoms with E-state index in [9.17, 15) is 0 Å². The van der Waals surface area contributed by atoms with Crippen molar-refractivity contribution in [2.45, 2.75) is 6.92 Å². The molecule has 6 heteroatoms. The monoisotopic (exact) mass is 335 g/mol. The van der Waals surface area contributed by atoms with Gasteiger partial charge in [0.05, 0.1) is 12.1 Å². The third-order valence-electron chi connectivity index (χ3n) is 3.03. The Balaban J connectivity index is 0.00000176. The molecule has 1 aromatic heterocycles. The Bertz CT molecular complexity index is 763. The fraction of sp³-hybridized carbons (Fsp3) is 0.125. The smallest absolute Gasteiger partial charge is 0.141 e. The van der Waals surface area contributed by atoms with Crippen LogP contribution in [0.3, 0.4) is 0 Å². The van der Waals surface area contributed by atoms with Gasteiger partial charge >= 0.3 is 0 Å². The number of rotatable bonds is 4. The van der Waals surface area contributed by atoms with Gasteiger partial charge in [0.2, 0.25) is 0 Å². The molecule has 0 aliphatic carbocycles. The fourth-order valence-electron chi connectivity index (χ4n) is 2.07. The molecule has 1 heterocycles. The molecule has 22 heavy (non-hydrogen) atoms. The summed E-state index contributed by atoms with van der Waals surface area (Å²) in [5.41, 5.74) is 1.75. The fourth-order valence-corrected chi connectivity index (χ4v) is 2.23. The molecule has 0 radical (unpaired) electrons. The molecular formula is C16H15Cl2N3O. The van der Waals surface area contributed by atoms with Gasteiger partial charge in [0.15, 0.2) is 0 Å². The van der Waals surface area contributed by atoms with Gasteiger partial charge in [-0.05, 0) is 49.4 Å². The summed E-state index contributed by atoms with van der Waals surface area (Å²) in [5.74, 6) is 1.60. The molecule has 0 saturated carbocycles. The van der Waals surface area contributed by atoms with Gasteiger partial charge in [-0.3, -0.25) is 0 Å². The highest BCUT2D eigenvalue weighted by Crippen LogP contribution is 2.26. The van der Waals surface area contributed by atoms with Crippen LogP contribution in [0.25, 0.3) is 10.9 Å². The number of ether oxygens (including phenoxy) is 1. The number of aromatic nitrogens is 2. The minimum absolute atomic E-state index is 0. The van der Waals surface area contributed by atoms with Crippen molar-refractivity contribution in [3.63, 3.8) is 0 Å². The third kappa shape index (κ3) is 3.59. The Morgan fingerprint density at radius 2 is 1.86 bits per heavy atom. The van der Waals surface area contributed by atoms with Crippen LogP contribution in [0.4, 0.5) is 11.5 Å². The number of fused-ring (bicyclic) bond motifs is 1. The first-order valence-corrected chi connectivity index (χ1v) is 7.04. The Morgan fingerprint density at radius 3 is 2.59 bits per heavy atom. The molecule has 114 valence electrons. The van der Waals surface area contributed by atoms with Gasteiger partial charge in [0.25, 0.3) is 0 Å². The Kier molecular flexibility index (Phi) is 5.41. The second kappa shape index (κ2) is 7.29. The summed E-state index contributed by atoms with van der Waals surface area (Å²) in [4.78, 5) is 8.52. The maximum absolute atomic E-state index is 5.98. The normalized spacial score (nSPS) is 10.1. The molecule has 2 aromatic carbocycles. The number of hydrogen-bond acceptors (Lipinski definition) is 4. The number of nitrogens with one attached hydrogen (secondary N) is 1. The maximum Gasteiger partial charge on any atom is 0.141 e. The van der Waals surface area contributed by atoms with Crippen molar-refractivity contribution in [1.82, 2.24) is 9.97 Å². The van der Waals surface area contributed by atoms with Crippen LogP contribution in [-0.2, 0) is 0 Å². The van der Waals surface area contributed by atoms with Crippen molar-refractivity contribution >= 4 is 46.4 Å². The van der Waals surface area contributed by atoms with Crippen LogP contribution < -0.4 is 10.1 Å². The highest BCUT2D eigenvalue weighted by Gasteiger charge is 2.04. The van der Waals surface area contributed by atoms with Gasteiger partial charge < -0.3 is 10.1 Å². The average Bonchev–Trinajstić information content (AvgIpc) is 2.49. The van der Waals surface area contributed by atoms with Crippen molar-refractivity contribution in [2.24, 2.45) is 0 Å². The summed E-state index contributed by atoms with van der Waals surface area (Å²) in [6.45, 7) is 2.62. The van der Waals surface area contributed by atoms with E-state index in [1.807, 2.05) is 49.4 Å². The number of anilines is 2. The predicted molar refractivity (Wildman–Crippen MR) is 92.7 cm³/mol. The molecule has 1 N–H and O–H groups in total. The molecule has 0 aliphatic heterocycles. The number of benzene rings is 2. The SMILES string of the molecule is CCOc1ccc(Nc2ncnc3cc(Cl)ccc23)cc1.Cl. The number of hydrogen-bond donors (Lipinski definition) is 1. The van der Waals surface area contributed by atoms with E-state index in [0.29, 0.717) is 11.6 Å². The highest BCUT2D eigenvalue weighted by atomic mass is 35.5. The lowest BCUT2D eigenvalue weighted by Crippen LogP contribution is -1.96. The molecule has 3 aromatic rings. The quantitative estimate of drug-likeness (QED) is 0.740. The Morgan fingerprint density at radius 1 is 1.09 bits per heavy atom. The van der Waals surface area contributed by atoms with Crippen molar-refractivity contribution in [2.75, 3.05) is 11.9 Å². The van der Waals surface area contributed by atoms with Crippen LogP contribution in [0, 0.1) is 0 Å².